The lowest BCUT2D eigenvalue weighted by Gasteiger charge is -2.37. The maximum Gasteiger partial charge on any atom is 0.227 e. The first-order chi connectivity index (χ1) is 18.3. The summed E-state index contributed by atoms with van der Waals surface area (Å²) in [6.45, 7) is 3.73. The van der Waals surface area contributed by atoms with Crippen molar-refractivity contribution in [3.05, 3.63) is 59.4 Å². The normalized spacial score (nSPS) is 22.4. The summed E-state index contributed by atoms with van der Waals surface area (Å²) >= 11 is 0. The smallest absolute Gasteiger partial charge is 0.227 e. The first-order valence-corrected chi connectivity index (χ1v) is 13.1. The predicted octanol–water partition coefficient (Wildman–Crippen LogP) is 5.72. The lowest BCUT2D eigenvalue weighted by molar-refractivity contribution is -0.120. The van der Waals surface area contributed by atoms with Crippen molar-refractivity contribution in [2.24, 2.45) is 0 Å². The second-order valence-electron chi connectivity index (χ2n) is 10.3. The number of nitrogens with zero attached hydrogens (tertiary/aromatic N) is 5. The highest BCUT2D eigenvalue weighted by atomic mass is 19.2. The Hall–Kier alpha value is -3.66. The van der Waals surface area contributed by atoms with Crippen molar-refractivity contribution in [1.29, 1.82) is 0 Å². The average molecular weight is 522 g/mol. The van der Waals surface area contributed by atoms with Gasteiger partial charge in [-0.1, -0.05) is 5.16 Å². The third-order valence-corrected chi connectivity index (χ3v) is 7.84. The largest absolute Gasteiger partial charge is 0.393 e. The summed E-state index contributed by atoms with van der Waals surface area (Å²) in [4.78, 5) is 24.6. The molecule has 2 aliphatic rings. The molecule has 10 heteroatoms. The van der Waals surface area contributed by atoms with Gasteiger partial charge < -0.3 is 19.1 Å². The van der Waals surface area contributed by atoms with Crippen LogP contribution in [0.2, 0.25) is 0 Å². The van der Waals surface area contributed by atoms with Gasteiger partial charge in [0.2, 0.25) is 5.91 Å². The van der Waals surface area contributed by atoms with Gasteiger partial charge in [-0.25, -0.2) is 18.7 Å². The minimum Gasteiger partial charge on any atom is -0.393 e. The maximum atomic E-state index is 14.2. The van der Waals surface area contributed by atoms with Gasteiger partial charge in [-0.15, -0.1) is 0 Å². The van der Waals surface area contributed by atoms with Crippen molar-refractivity contribution in [1.82, 2.24) is 19.7 Å². The lowest BCUT2D eigenvalue weighted by atomic mass is 9.92. The fourth-order valence-corrected chi connectivity index (χ4v) is 6.02. The van der Waals surface area contributed by atoms with Gasteiger partial charge in [-0.3, -0.25) is 4.79 Å². The number of rotatable bonds is 4. The van der Waals surface area contributed by atoms with Crippen LogP contribution in [0.4, 0.5) is 14.5 Å². The standard InChI is InChI=1S/C28H29F2N5O3/c1-15-26(16(2)38-33-15)17-12-23-27(31-14-17)35(18-6-9-20(36)10-7-18)28(32-23)24-4-3-5-25(37)34(24)19-8-11-21(29)22(30)13-19/h8,11-14,18,20,24,36H,3-7,9-10H2,1-2H3. The Kier molecular flexibility index (Phi) is 6.22. The zero-order chi connectivity index (χ0) is 26.6. The molecule has 3 aromatic heterocycles. The molecule has 1 aromatic carbocycles. The number of hydrogen-bond donors (Lipinski definition) is 1. The molecule has 2 fully saturated rings. The summed E-state index contributed by atoms with van der Waals surface area (Å²) in [7, 11) is 0. The highest BCUT2D eigenvalue weighted by Gasteiger charge is 2.37. The van der Waals surface area contributed by atoms with Gasteiger partial charge in [0, 0.05) is 41.5 Å². The molecule has 6 rings (SSSR count). The number of carbonyl (C=O) groups excluding carboxylic acids is 1. The molecular formula is C28H29F2N5O3. The third-order valence-electron chi connectivity index (χ3n) is 7.84. The van der Waals surface area contributed by atoms with E-state index in [1.165, 1.54) is 6.07 Å². The molecule has 1 unspecified atom stereocenters. The lowest BCUT2D eigenvalue weighted by Crippen LogP contribution is -2.40. The van der Waals surface area contributed by atoms with Gasteiger partial charge >= 0.3 is 0 Å². The van der Waals surface area contributed by atoms with Crippen LogP contribution in [0, 0.1) is 25.5 Å². The minimum atomic E-state index is -1.000. The molecule has 0 radical (unpaired) electrons. The molecule has 8 nitrogen and oxygen atoms in total. The van der Waals surface area contributed by atoms with E-state index in [2.05, 4.69) is 9.72 Å². The van der Waals surface area contributed by atoms with Crippen LogP contribution in [0.1, 0.15) is 74.3 Å². The van der Waals surface area contributed by atoms with Gasteiger partial charge in [0.25, 0.3) is 0 Å². The van der Waals surface area contributed by atoms with Crippen molar-refractivity contribution in [2.45, 2.75) is 77.0 Å². The van der Waals surface area contributed by atoms with Crippen molar-refractivity contribution in [3.63, 3.8) is 0 Å². The topological polar surface area (TPSA) is 97.3 Å². The van der Waals surface area contributed by atoms with Gasteiger partial charge in [0.15, 0.2) is 17.3 Å². The number of pyridine rings is 1. The zero-order valence-corrected chi connectivity index (χ0v) is 21.3. The first-order valence-electron chi connectivity index (χ1n) is 13.1. The minimum absolute atomic E-state index is 0.0413. The van der Waals surface area contributed by atoms with E-state index in [1.807, 2.05) is 19.9 Å². The number of aromatic nitrogens is 4. The first kappa shape index (κ1) is 24.7. The Morgan fingerprint density at radius 3 is 2.55 bits per heavy atom. The Morgan fingerprint density at radius 1 is 1.05 bits per heavy atom. The molecule has 1 saturated carbocycles. The maximum absolute atomic E-state index is 14.2. The van der Waals surface area contributed by atoms with Gasteiger partial charge in [0.05, 0.1) is 17.8 Å². The molecule has 1 aliphatic carbocycles. The number of aliphatic hydroxyl groups excluding tert-OH is 1. The summed E-state index contributed by atoms with van der Waals surface area (Å²) < 4.78 is 35.4. The number of halogens is 2. The molecule has 4 heterocycles. The molecule has 0 bridgehead atoms. The Morgan fingerprint density at radius 2 is 1.84 bits per heavy atom. The summed E-state index contributed by atoms with van der Waals surface area (Å²) in [5.74, 6) is -0.761. The van der Waals surface area contributed by atoms with E-state index in [9.17, 15) is 18.7 Å². The number of piperidine rings is 1. The van der Waals surface area contributed by atoms with E-state index in [1.54, 1.807) is 11.1 Å². The van der Waals surface area contributed by atoms with E-state index in [-0.39, 0.29) is 18.1 Å². The van der Waals surface area contributed by atoms with Crippen LogP contribution in [-0.4, -0.2) is 36.8 Å². The monoisotopic (exact) mass is 521 g/mol. The second-order valence-corrected chi connectivity index (χ2v) is 10.3. The fourth-order valence-electron chi connectivity index (χ4n) is 6.02. The van der Waals surface area contributed by atoms with E-state index < -0.39 is 17.7 Å². The van der Waals surface area contributed by atoms with Crippen molar-refractivity contribution in [2.75, 3.05) is 4.90 Å². The number of aliphatic hydroxyl groups is 1. The van der Waals surface area contributed by atoms with Gasteiger partial charge in [-0.2, -0.15) is 0 Å². The number of amides is 1. The van der Waals surface area contributed by atoms with Crippen LogP contribution >= 0.6 is 0 Å². The van der Waals surface area contributed by atoms with Gasteiger partial charge in [0.1, 0.15) is 17.1 Å². The van der Waals surface area contributed by atoms with Crippen molar-refractivity contribution < 1.29 is 23.2 Å². The summed E-state index contributed by atoms with van der Waals surface area (Å²) in [5.41, 5.74) is 4.13. The summed E-state index contributed by atoms with van der Waals surface area (Å²) in [5, 5.41) is 14.2. The van der Waals surface area contributed by atoms with E-state index in [0.717, 1.165) is 41.8 Å². The van der Waals surface area contributed by atoms with Crippen LogP contribution in [0.5, 0.6) is 0 Å². The van der Waals surface area contributed by atoms with Crippen LogP contribution in [0.15, 0.2) is 35.0 Å². The second kappa shape index (κ2) is 9.58. The van der Waals surface area contributed by atoms with Gasteiger partial charge in [-0.05, 0) is 70.6 Å². The summed E-state index contributed by atoms with van der Waals surface area (Å²) in [6.07, 6.45) is 5.88. The number of aryl methyl sites for hydroxylation is 2. The van der Waals surface area contributed by atoms with Crippen LogP contribution in [-0.2, 0) is 4.79 Å². The molecule has 1 aliphatic heterocycles. The Balaban J connectivity index is 1.51. The molecule has 0 spiro atoms. The fraction of sp³-hybridized carbons (Fsp3) is 0.429. The molecule has 1 saturated heterocycles. The quantitative estimate of drug-likeness (QED) is 0.369. The molecular weight excluding hydrogens is 492 g/mol. The predicted molar refractivity (Wildman–Crippen MR) is 136 cm³/mol. The van der Waals surface area contributed by atoms with E-state index >= 15 is 0 Å². The number of carbonyl (C=O) groups is 1. The number of fused-ring (bicyclic) bond motifs is 1. The Labute approximate surface area is 218 Å². The highest BCUT2D eigenvalue weighted by molar-refractivity contribution is 5.95. The van der Waals surface area contributed by atoms with Crippen LogP contribution in [0.3, 0.4) is 0 Å². The molecule has 4 aromatic rings. The number of benzene rings is 1. The molecule has 1 amide bonds. The molecule has 198 valence electrons. The molecule has 1 N–H and O–H groups in total. The van der Waals surface area contributed by atoms with E-state index in [0.29, 0.717) is 60.5 Å². The van der Waals surface area contributed by atoms with E-state index in [4.69, 9.17) is 14.5 Å². The van der Waals surface area contributed by atoms with Crippen molar-refractivity contribution >= 4 is 22.8 Å². The van der Waals surface area contributed by atoms with Crippen LogP contribution in [0.25, 0.3) is 22.3 Å². The molecule has 1 atom stereocenters. The summed E-state index contributed by atoms with van der Waals surface area (Å²) in [6, 6.07) is 5.09. The number of imidazole rings is 1. The highest BCUT2D eigenvalue weighted by Crippen LogP contribution is 2.41. The number of hydrogen-bond acceptors (Lipinski definition) is 6. The average Bonchev–Trinajstić information content (AvgIpc) is 3.45. The third kappa shape index (κ3) is 4.16. The molecule has 38 heavy (non-hydrogen) atoms. The van der Waals surface area contributed by atoms with Crippen molar-refractivity contribution in [3.8, 4) is 11.1 Å². The zero-order valence-electron chi connectivity index (χ0n) is 21.3. The number of anilines is 1. The van der Waals surface area contributed by atoms with Crippen LogP contribution < -0.4 is 4.90 Å². The SMILES string of the molecule is Cc1noc(C)c1-c1cnc2c(c1)nc(C1CCCC(=O)N1c1ccc(F)c(F)c1)n2C1CCC(O)CC1. The Bertz CT molecular complexity index is 1500.